The summed E-state index contributed by atoms with van der Waals surface area (Å²) in [5, 5.41) is 2.91. The highest BCUT2D eigenvalue weighted by molar-refractivity contribution is 5.67. The average molecular weight is 275 g/mol. The Morgan fingerprint density at radius 3 is 2.75 bits per heavy atom. The number of hydrogen-bond acceptors (Lipinski definition) is 2. The summed E-state index contributed by atoms with van der Waals surface area (Å²) in [7, 11) is 0. The van der Waals surface area contributed by atoms with Crippen LogP contribution >= 0.6 is 0 Å². The van der Waals surface area contributed by atoms with E-state index in [1.54, 1.807) is 0 Å². The van der Waals surface area contributed by atoms with Gasteiger partial charge >= 0.3 is 6.09 Å². The Kier molecular flexibility index (Phi) is 5.90. The molecule has 1 aliphatic carbocycles. The highest BCUT2D eigenvalue weighted by Crippen LogP contribution is 2.28. The second-order valence-electron chi connectivity index (χ2n) is 5.77. The first-order valence-corrected chi connectivity index (χ1v) is 7.70. The molecule has 0 saturated heterocycles. The molecule has 20 heavy (non-hydrogen) atoms. The number of carbonyl (C=O) groups is 1. The van der Waals surface area contributed by atoms with Gasteiger partial charge in [0, 0.05) is 13.0 Å². The molecule has 1 amide bonds. The molecule has 0 aliphatic heterocycles. The lowest BCUT2D eigenvalue weighted by Crippen LogP contribution is -2.34. The lowest BCUT2D eigenvalue weighted by atomic mass is 9.80. The highest BCUT2D eigenvalue weighted by Gasteiger charge is 2.21. The van der Waals surface area contributed by atoms with Crippen LogP contribution in [0.2, 0.25) is 0 Å². The third-order valence-corrected chi connectivity index (χ3v) is 4.26. The van der Waals surface area contributed by atoms with E-state index in [1.807, 2.05) is 30.3 Å². The van der Waals surface area contributed by atoms with Crippen LogP contribution in [0.25, 0.3) is 0 Å². The number of rotatable bonds is 5. The molecular weight excluding hydrogens is 250 g/mol. The average Bonchev–Trinajstić information content (AvgIpc) is 2.47. The number of hydrogen-bond donors (Lipinski definition) is 1. The van der Waals surface area contributed by atoms with E-state index < -0.39 is 0 Å². The van der Waals surface area contributed by atoms with Crippen LogP contribution in [0.3, 0.4) is 0 Å². The van der Waals surface area contributed by atoms with Gasteiger partial charge in [0.05, 0.1) is 6.61 Å². The summed E-state index contributed by atoms with van der Waals surface area (Å²) in [4.78, 5) is 11.6. The Morgan fingerprint density at radius 2 is 2.00 bits per heavy atom. The quantitative estimate of drug-likeness (QED) is 0.888. The normalized spacial score (nSPS) is 22.2. The summed E-state index contributed by atoms with van der Waals surface area (Å²) in [5.74, 6) is 1.33. The maximum Gasteiger partial charge on any atom is 0.407 e. The molecule has 0 heterocycles. The van der Waals surface area contributed by atoms with E-state index >= 15 is 0 Å². The van der Waals surface area contributed by atoms with Crippen molar-refractivity contribution < 1.29 is 9.53 Å². The van der Waals surface area contributed by atoms with Crippen molar-refractivity contribution in [1.29, 1.82) is 0 Å². The second kappa shape index (κ2) is 7.93. The first-order valence-electron chi connectivity index (χ1n) is 7.70. The van der Waals surface area contributed by atoms with Crippen LogP contribution in [0.5, 0.6) is 0 Å². The van der Waals surface area contributed by atoms with Crippen LogP contribution in [-0.2, 0) is 11.2 Å². The van der Waals surface area contributed by atoms with Crippen LogP contribution in [-0.4, -0.2) is 19.2 Å². The molecule has 0 radical (unpaired) electrons. The van der Waals surface area contributed by atoms with Gasteiger partial charge < -0.3 is 10.1 Å². The van der Waals surface area contributed by atoms with Gasteiger partial charge in [-0.2, -0.15) is 0 Å². The van der Waals surface area contributed by atoms with Crippen molar-refractivity contribution in [3.05, 3.63) is 35.9 Å². The Balaban J connectivity index is 1.60. The molecule has 3 heteroatoms. The molecule has 1 saturated carbocycles. The molecule has 0 bridgehead atoms. The number of ether oxygens (including phenoxy) is 1. The van der Waals surface area contributed by atoms with E-state index in [1.165, 1.54) is 31.2 Å². The molecule has 2 rings (SSSR count). The van der Waals surface area contributed by atoms with E-state index in [-0.39, 0.29) is 6.09 Å². The minimum atomic E-state index is -0.279. The zero-order valence-electron chi connectivity index (χ0n) is 12.3. The van der Waals surface area contributed by atoms with Crippen molar-refractivity contribution in [1.82, 2.24) is 5.32 Å². The van der Waals surface area contributed by atoms with Crippen molar-refractivity contribution in [2.24, 2.45) is 11.8 Å². The van der Waals surface area contributed by atoms with Gasteiger partial charge in [0.25, 0.3) is 0 Å². The smallest absolute Gasteiger partial charge is 0.407 e. The van der Waals surface area contributed by atoms with E-state index in [0.717, 1.165) is 13.0 Å². The fourth-order valence-electron chi connectivity index (χ4n) is 2.87. The fourth-order valence-corrected chi connectivity index (χ4v) is 2.87. The molecule has 2 unspecified atom stereocenters. The number of amides is 1. The molecule has 0 spiro atoms. The van der Waals surface area contributed by atoms with Crippen LogP contribution in [0.4, 0.5) is 4.79 Å². The van der Waals surface area contributed by atoms with Gasteiger partial charge in [0.2, 0.25) is 0 Å². The Labute approximate surface area is 121 Å². The molecule has 3 nitrogen and oxygen atoms in total. The lowest BCUT2D eigenvalue weighted by Gasteiger charge is -2.28. The SMILES string of the molecule is CC1CCCCC1CNC(=O)OCCc1ccccc1. The fraction of sp³-hybridized carbons (Fsp3) is 0.588. The Morgan fingerprint density at radius 1 is 1.25 bits per heavy atom. The summed E-state index contributed by atoms with van der Waals surface area (Å²) < 4.78 is 5.22. The summed E-state index contributed by atoms with van der Waals surface area (Å²) in [5.41, 5.74) is 1.20. The van der Waals surface area contributed by atoms with E-state index in [2.05, 4.69) is 12.2 Å². The Hall–Kier alpha value is -1.51. The van der Waals surface area contributed by atoms with Crippen LogP contribution in [0.15, 0.2) is 30.3 Å². The monoisotopic (exact) mass is 275 g/mol. The molecular formula is C17H25NO2. The van der Waals surface area contributed by atoms with Gasteiger partial charge in [-0.15, -0.1) is 0 Å². The van der Waals surface area contributed by atoms with Gasteiger partial charge in [0.1, 0.15) is 0 Å². The van der Waals surface area contributed by atoms with Crippen molar-refractivity contribution >= 4 is 6.09 Å². The third-order valence-electron chi connectivity index (χ3n) is 4.26. The van der Waals surface area contributed by atoms with Gasteiger partial charge in [-0.1, -0.05) is 56.5 Å². The number of nitrogens with one attached hydrogen (secondary N) is 1. The standard InChI is InChI=1S/C17H25NO2/c1-14-7-5-6-10-16(14)13-18-17(19)20-12-11-15-8-3-2-4-9-15/h2-4,8-9,14,16H,5-7,10-13H2,1H3,(H,18,19). The predicted octanol–water partition coefficient (Wildman–Crippen LogP) is 3.78. The van der Waals surface area contributed by atoms with Crippen molar-refractivity contribution in [3.63, 3.8) is 0 Å². The zero-order valence-corrected chi connectivity index (χ0v) is 12.3. The minimum absolute atomic E-state index is 0.279. The lowest BCUT2D eigenvalue weighted by molar-refractivity contribution is 0.141. The minimum Gasteiger partial charge on any atom is -0.449 e. The number of carbonyl (C=O) groups excluding carboxylic acids is 1. The summed E-state index contributed by atoms with van der Waals surface area (Å²) in [6.45, 7) is 3.48. The van der Waals surface area contributed by atoms with E-state index in [0.29, 0.717) is 18.4 Å². The molecule has 2 atom stereocenters. The molecule has 1 aromatic rings. The maximum absolute atomic E-state index is 11.6. The van der Waals surface area contributed by atoms with E-state index in [9.17, 15) is 4.79 Å². The molecule has 1 aromatic carbocycles. The van der Waals surface area contributed by atoms with Gasteiger partial charge in [-0.3, -0.25) is 0 Å². The first kappa shape index (κ1) is 14.9. The van der Waals surface area contributed by atoms with Crippen molar-refractivity contribution in [2.45, 2.75) is 39.0 Å². The largest absolute Gasteiger partial charge is 0.449 e. The van der Waals surface area contributed by atoms with Crippen LogP contribution in [0.1, 0.15) is 38.2 Å². The maximum atomic E-state index is 11.6. The van der Waals surface area contributed by atoms with Crippen molar-refractivity contribution in [2.75, 3.05) is 13.2 Å². The van der Waals surface area contributed by atoms with Crippen LogP contribution < -0.4 is 5.32 Å². The van der Waals surface area contributed by atoms with Crippen LogP contribution in [0, 0.1) is 11.8 Å². The van der Waals surface area contributed by atoms with Gasteiger partial charge in [0.15, 0.2) is 0 Å². The second-order valence-corrected chi connectivity index (χ2v) is 5.77. The molecule has 1 aliphatic rings. The zero-order chi connectivity index (χ0) is 14.2. The summed E-state index contributed by atoms with van der Waals surface area (Å²) in [6.07, 6.45) is 5.63. The molecule has 110 valence electrons. The Bertz CT molecular complexity index is 405. The number of benzene rings is 1. The first-order chi connectivity index (χ1) is 9.75. The predicted molar refractivity (Wildman–Crippen MR) is 80.6 cm³/mol. The summed E-state index contributed by atoms with van der Waals surface area (Å²) in [6, 6.07) is 10.1. The molecule has 0 aromatic heterocycles. The molecule has 1 fully saturated rings. The van der Waals surface area contributed by atoms with Gasteiger partial charge in [-0.25, -0.2) is 4.79 Å². The van der Waals surface area contributed by atoms with Crippen molar-refractivity contribution in [3.8, 4) is 0 Å². The van der Waals surface area contributed by atoms with E-state index in [4.69, 9.17) is 4.74 Å². The topological polar surface area (TPSA) is 38.3 Å². The molecule has 1 N–H and O–H groups in total. The third kappa shape index (κ3) is 4.87. The summed E-state index contributed by atoms with van der Waals surface area (Å²) >= 11 is 0. The number of alkyl carbamates (subject to hydrolysis) is 1. The van der Waals surface area contributed by atoms with Gasteiger partial charge in [-0.05, 0) is 23.8 Å². The highest BCUT2D eigenvalue weighted by atomic mass is 16.5.